The first-order valence-corrected chi connectivity index (χ1v) is 14.2. The molecule has 2 aliphatic heterocycles. The van der Waals surface area contributed by atoms with Crippen molar-refractivity contribution < 1.29 is 24.9 Å². The molecule has 0 aromatic carbocycles. The Labute approximate surface area is 210 Å². The molecule has 12 atom stereocenters. The summed E-state index contributed by atoms with van der Waals surface area (Å²) in [5, 5.41) is 32.4. The van der Waals surface area contributed by atoms with Crippen molar-refractivity contribution in [3.05, 3.63) is 11.6 Å². The van der Waals surface area contributed by atoms with E-state index in [4.69, 9.17) is 4.74 Å². The summed E-state index contributed by atoms with van der Waals surface area (Å²) in [5.74, 6) is 1.80. The molecule has 1 spiro atoms. The largest absolute Gasteiger partial charge is 0.465 e. The van der Waals surface area contributed by atoms with E-state index in [2.05, 4.69) is 33.8 Å². The highest BCUT2D eigenvalue weighted by atomic mass is 16.5. The van der Waals surface area contributed by atoms with Gasteiger partial charge in [-0.05, 0) is 97.2 Å². The van der Waals surface area contributed by atoms with Gasteiger partial charge in [-0.3, -0.25) is 4.79 Å². The van der Waals surface area contributed by atoms with Crippen molar-refractivity contribution in [3.8, 4) is 0 Å². The van der Waals surface area contributed by atoms with Crippen LogP contribution in [0.5, 0.6) is 0 Å². The molecule has 3 N–H and O–H groups in total. The molecule has 0 radical (unpaired) electrons. The van der Waals surface area contributed by atoms with Crippen LogP contribution in [-0.4, -0.2) is 46.7 Å². The lowest BCUT2D eigenvalue weighted by atomic mass is 9.33. The highest BCUT2D eigenvalue weighted by Gasteiger charge is 2.71. The highest BCUT2D eigenvalue weighted by Crippen LogP contribution is 2.76. The average Bonchev–Trinajstić information content (AvgIpc) is 3.03. The molecule has 0 amide bonds. The van der Waals surface area contributed by atoms with Gasteiger partial charge in [0.15, 0.2) is 0 Å². The molecule has 4 saturated carbocycles. The van der Waals surface area contributed by atoms with Crippen LogP contribution in [0.1, 0.15) is 86.0 Å². The van der Waals surface area contributed by atoms with Crippen LogP contribution in [0.4, 0.5) is 0 Å². The number of allylic oxidation sites excluding steroid dienone is 2. The van der Waals surface area contributed by atoms with Gasteiger partial charge in [0.25, 0.3) is 0 Å². The molecule has 2 bridgehead atoms. The Morgan fingerprint density at radius 3 is 2.49 bits per heavy atom. The van der Waals surface area contributed by atoms with Crippen molar-refractivity contribution in [2.24, 2.45) is 56.7 Å². The summed E-state index contributed by atoms with van der Waals surface area (Å²) in [6, 6.07) is 0. The Morgan fingerprint density at radius 2 is 1.77 bits per heavy atom. The minimum absolute atomic E-state index is 0.00939. The third-order valence-electron chi connectivity index (χ3n) is 13.7. The van der Waals surface area contributed by atoms with Gasteiger partial charge >= 0.3 is 5.97 Å². The maximum absolute atomic E-state index is 13.4. The lowest BCUT2D eigenvalue weighted by molar-refractivity contribution is -0.243. The highest BCUT2D eigenvalue weighted by molar-refractivity contribution is 5.79. The molecule has 0 unspecified atom stereocenters. The van der Waals surface area contributed by atoms with Crippen molar-refractivity contribution in [3.63, 3.8) is 0 Å². The van der Waals surface area contributed by atoms with Gasteiger partial charge in [0.1, 0.15) is 0 Å². The minimum Gasteiger partial charge on any atom is -0.465 e. The van der Waals surface area contributed by atoms with Gasteiger partial charge in [0.05, 0.1) is 30.8 Å². The molecule has 5 nitrogen and oxygen atoms in total. The third kappa shape index (κ3) is 2.69. The topological polar surface area (TPSA) is 87.0 Å². The van der Waals surface area contributed by atoms with Crippen LogP contribution in [0.15, 0.2) is 11.6 Å². The lowest BCUT2D eigenvalue weighted by Crippen LogP contribution is -2.68. The van der Waals surface area contributed by atoms with E-state index in [1.54, 1.807) is 0 Å². The van der Waals surface area contributed by atoms with Crippen LogP contribution >= 0.6 is 0 Å². The van der Waals surface area contributed by atoms with Crippen molar-refractivity contribution in [2.75, 3.05) is 13.2 Å². The molecule has 0 aromatic heterocycles. The monoisotopic (exact) mass is 486 g/mol. The molecule has 7 aliphatic rings. The third-order valence-corrected chi connectivity index (χ3v) is 13.7. The number of hydrogen-bond donors (Lipinski definition) is 3. The summed E-state index contributed by atoms with van der Waals surface area (Å²) in [6.45, 7) is 12.2. The van der Waals surface area contributed by atoms with Crippen molar-refractivity contribution in [1.82, 2.24) is 0 Å². The standard InChI is InChI=1S/C30H46O5/c1-17-18-8-11-30(25(34)35-15-18)13-12-28(4)19(23(17)30)6-7-22-26(2)14-20(32)24(33)27(3,16-31)21(26)9-10-29(22,28)5/h6,17-18,20-24,31-33H,7-16H2,1-5H3/t17-,18+,20+,21+,22+,23-,24-,26-,27+,28+,29+,30-/m0/s1. The second-order valence-electron chi connectivity index (χ2n) is 14.6. The summed E-state index contributed by atoms with van der Waals surface area (Å²) in [4.78, 5) is 13.4. The smallest absolute Gasteiger partial charge is 0.312 e. The van der Waals surface area contributed by atoms with Crippen LogP contribution in [0.2, 0.25) is 0 Å². The Kier molecular flexibility index (Phi) is 5.13. The normalized spacial score (nSPS) is 59.3. The number of esters is 1. The second kappa shape index (κ2) is 7.35. The van der Waals surface area contributed by atoms with Gasteiger partial charge in [-0.1, -0.05) is 46.3 Å². The van der Waals surface area contributed by atoms with E-state index in [0.29, 0.717) is 30.8 Å². The van der Waals surface area contributed by atoms with E-state index < -0.39 is 17.6 Å². The predicted octanol–water partition coefficient (Wildman–Crippen LogP) is 4.49. The zero-order chi connectivity index (χ0) is 25.2. The average molecular weight is 487 g/mol. The number of hydrogen-bond acceptors (Lipinski definition) is 5. The molecule has 6 fully saturated rings. The van der Waals surface area contributed by atoms with E-state index in [-0.39, 0.29) is 46.1 Å². The van der Waals surface area contributed by atoms with Crippen molar-refractivity contribution >= 4 is 5.97 Å². The summed E-state index contributed by atoms with van der Waals surface area (Å²) < 4.78 is 5.87. The van der Waals surface area contributed by atoms with E-state index in [1.165, 1.54) is 5.57 Å². The van der Waals surface area contributed by atoms with E-state index in [9.17, 15) is 20.1 Å². The second-order valence-corrected chi connectivity index (χ2v) is 14.6. The first kappa shape index (κ1) is 24.4. The fourth-order valence-electron chi connectivity index (χ4n) is 11.5. The SMILES string of the molecule is C[C@H]1[C@@H]2CC[C@@]3(CC[C@]4(C)C(=CC[C@@H]5[C@@]6(C)C[C@@H](O)[C@H](O)[C@](C)(CO)[C@@H]6CC[C@]54C)[C@H]13)C(=O)OC2. The molecular weight excluding hydrogens is 440 g/mol. The Hall–Kier alpha value is -0.910. The number of carbonyl (C=O) groups is 1. The molecule has 196 valence electrons. The van der Waals surface area contributed by atoms with Gasteiger partial charge < -0.3 is 20.1 Å². The number of carbonyl (C=O) groups excluding carboxylic acids is 1. The van der Waals surface area contributed by atoms with Gasteiger partial charge in [-0.2, -0.15) is 0 Å². The van der Waals surface area contributed by atoms with Crippen LogP contribution in [0.3, 0.4) is 0 Å². The Balaban J connectivity index is 1.46. The van der Waals surface area contributed by atoms with Gasteiger partial charge in [-0.25, -0.2) is 0 Å². The maximum atomic E-state index is 13.4. The summed E-state index contributed by atoms with van der Waals surface area (Å²) in [7, 11) is 0. The van der Waals surface area contributed by atoms with Gasteiger partial charge in [0.2, 0.25) is 0 Å². The Bertz CT molecular complexity index is 960. The number of aliphatic hydroxyl groups excluding tert-OH is 3. The molecule has 35 heavy (non-hydrogen) atoms. The van der Waals surface area contributed by atoms with E-state index in [1.807, 2.05) is 6.92 Å². The predicted molar refractivity (Wildman–Crippen MR) is 133 cm³/mol. The van der Waals surface area contributed by atoms with Gasteiger partial charge in [0, 0.05) is 5.41 Å². The lowest BCUT2D eigenvalue weighted by Gasteiger charge is -2.71. The Morgan fingerprint density at radius 1 is 1.03 bits per heavy atom. The molecular formula is C30H46O5. The summed E-state index contributed by atoms with van der Waals surface area (Å²) in [5.41, 5.74) is 0.404. The van der Waals surface area contributed by atoms with Crippen LogP contribution in [0, 0.1) is 56.7 Å². The first-order valence-electron chi connectivity index (χ1n) is 14.2. The van der Waals surface area contributed by atoms with Gasteiger partial charge in [-0.15, -0.1) is 0 Å². The molecule has 2 heterocycles. The molecule has 2 saturated heterocycles. The number of fused-ring (bicyclic) bond motifs is 8. The molecule has 5 aliphatic carbocycles. The fraction of sp³-hybridized carbons (Fsp3) is 0.900. The van der Waals surface area contributed by atoms with Crippen molar-refractivity contribution in [2.45, 2.75) is 98.2 Å². The van der Waals surface area contributed by atoms with E-state index >= 15 is 0 Å². The van der Waals surface area contributed by atoms with Crippen LogP contribution < -0.4 is 0 Å². The molecule has 5 heteroatoms. The van der Waals surface area contributed by atoms with E-state index in [0.717, 1.165) is 44.9 Å². The summed E-state index contributed by atoms with van der Waals surface area (Å²) in [6.07, 6.45) is 8.39. The van der Waals surface area contributed by atoms with Crippen molar-refractivity contribution in [1.29, 1.82) is 0 Å². The van der Waals surface area contributed by atoms with Crippen LogP contribution in [0.25, 0.3) is 0 Å². The number of aliphatic hydroxyl groups is 3. The first-order chi connectivity index (χ1) is 16.4. The zero-order valence-corrected chi connectivity index (χ0v) is 22.3. The molecule has 7 rings (SSSR count). The number of ether oxygens (including phenoxy) is 1. The zero-order valence-electron chi connectivity index (χ0n) is 22.3. The van der Waals surface area contributed by atoms with Crippen LogP contribution in [-0.2, 0) is 9.53 Å². The number of rotatable bonds is 1. The minimum atomic E-state index is -0.886. The fourth-order valence-corrected chi connectivity index (χ4v) is 11.5. The maximum Gasteiger partial charge on any atom is 0.312 e. The molecule has 0 aromatic rings. The quantitative estimate of drug-likeness (QED) is 0.376. The summed E-state index contributed by atoms with van der Waals surface area (Å²) >= 11 is 0.